The van der Waals surface area contributed by atoms with Crippen molar-refractivity contribution in [2.24, 2.45) is 5.73 Å². The van der Waals surface area contributed by atoms with Crippen LogP contribution in [0, 0.1) is 12.7 Å². The minimum absolute atomic E-state index is 0.0936. The van der Waals surface area contributed by atoms with E-state index < -0.39 is 0 Å². The molecule has 1 fully saturated rings. The summed E-state index contributed by atoms with van der Waals surface area (Å²) >= 11 is 0. The summed E-state index contributed by atoms with van der Waals surface area (Å²) in [5, 5.41) is 0. The van der Waals surface area contributed by atoms with Crippen molar-refractivity contribution in [3.63, 3.8) is 0 Å². The first kappa shape index (κ1) is 15.3. The zero-order valence-corrected chi connectivity index (χ0v) is 12.7. The van der Waals surface area contributed by atoms with Crippen LogP contribution in [0.1, 0.15) is 50.8 Å². The van der Waals surface area contributed by atoms with Gasteiger partial charge in [-0.25, -0.2) is 4.39 Å². The fourth-order valence-corrected chi connectivity index (χ4v) is 2.75. The van der Waals surface area contributed by atoms with Crippen LogP contribution in [0.15, 0.2) is 12.1 Å². The molecule has 1 aromatic rings. The van der Waals surface area contributed by atoms with Crippen molar-refractivity contribution >= 4 is 0 Å². The van der Waals surface area contributed by atoms with Crippen LogP contribution in [0.3, 0.4) is 0 Å². The maximum absolute atomic E-state index is 13.7. The summed E-state index contributed by atoms with van der Waals surface area (Å²) in [5.41, 5.74) is 7.23. The Bertz CT molecular complexity index is 466. The van der Waals surface area contributed by atoms with Crippen LogP contribution in [-0.4, -0.2) is 18.3 Å². The largest absolute Gasteiger partial charge is 0.490 e. The molecule has 0 saturated carbocycles. The number of ether oxygens (including phenoxy) is 2. The highest BCUT2D eigenvalue weighted by atomic mass is 19.1. The average molecular weight is 281 g/mol. The molecule has 3 nitrogen and oxygen atoms in total. The van der Waals surface area contributed by atoms with E-state index in [-0.39, 0.29) is 30.2 Å². The minimum Gasteiger partial charge on any atom is -0.490 e. The Morgan fingerprint density at radius 1 is 1.30 bits per heavy atom. The number of nitrogens with two attached hydrogens (primary N) is 1. The van der Waals surface area contributed by atoms with Crippen LogP contribution in [0.25, 0.3) is 0 Å². The van der Waals surface area contributed by atoms with Crippen LogP contribution < -0.4 is 10.5 Å². The van der Waals surface area contributed by atoms with Gasteiger partial charge in [-0.2, -0.15) is 0 Å². The molecule has 0 aliphatic carbocycles. The van der Waals surface area contributed by atoms with Gasteiger partial charge in [0, 0.05) is 24.4 Å². The van der Waals surface area contributed by atoms with Crippen LogP contribution in [0.4, 0.5) is 4.39 Å². The standard InChI is InChI=1S/C16H24FNO2/c1-9-5-16(14(12(4)18)8-15(9)17)20-13-6-10(2)19-11(3)7-13/h5,8,10-13H,6-7,18H2,1-4H3/t10?,11?,12-,13?/m0/s1. The van der Waals surface area contributed by atoms with Crippen LogP contribution >= 0.6 is 0 Å². The third-order valence-corrected chi connectivity index (χ3v) is 3.73. The fraction of sp³-hybridized carbons (Fsp3) is 0.625. The molecular formula is C16H24FNO2. The van der Waals surface area contributed by atoms with Crippen molar-refractivity contribution in [3.05, 3.63) is 29.1 Å². The van der Waals surface area contributed by atoms with Gasteiger partial charge in [0.15, 0.2) is 0 Å². The van der Waals surface area contributed by atoms with Gasteiger partial charge in [-0.1, -0.05) is 0 Å². The van der Waals surface area contributed by atoms with Crippen LogP contribution in [0.5, 0.6) is 5.75 Å². The fourth-order valence-electron chi connectivity index (χ4n) is 2.75. The lowest BCUT2D eigenvalue weighted by Gasteiger charge is -2.33. The van der Waals surface area contributed by atoms with E-state index in [2.05, 4.69) is 0 Å². The first-order valence-corrected chi connectivity index (χ1v) is 7.24. The summed E-state index contributed by atoms with van der Waals surface area (Å²) in [6, 6.07) is 2.98. The minimum atomic E-state index is -0.255. The lowest BCUT2D eigenvalue weighted by molar-refractivity contribution is -0.0723. The summed E-state index contributed by atoms with van der Waals surface area (Å²) in [6.45, 7) is 7.68. The van der Waals surface area contributed by atoms with Crippen molar-refractivity contribution in [3.8, 4) is 5.75 Å². The Kier molecular flexibility index (Phi) is 4.66. The summed E-state index contributed by atoms with van der Waals surface area (Å²) < 4.78 is 25.5. The van der Waals surface area contributed by atoms with Crippen molar-refractivity contribution in [2.45, 2.75) is 64.9 Å². The van der Waals surface area contributed by atoms with Crippen LogP contribution in [-0.2, 0) is 4.74 Å². The molecule has 1 heterocycles. The Labute approximate surface area is 120 Å². The summed E-state index contributed by atoms with van der Waals surface area (Å²) in [5.74, 6) is 0.462. The Morgan fingerprint density at radius 2 is 1.90 bits per heavy atom. The molecule has 0 amide bonds. The predicted octanol–water partition coefficient (Wildman–Crippen LogP) is 3.49. The SMILES string of the molecule is Cc1cc(OC2CC(C)OC(C)C2)c([C@H](C)N)cc1F. The van der Waals surface area contributed by atoms with Gasteiger partial charge in [-0.05, 0) is 45.4 Å². The second kappa shape index (κ2) is 6.10. The van der Waals surface area contributed by atoms with Crippen molar-refractivity contribution < 1.29 is 13.9 Å². The second-order valence-electron chi connectivity index (χ2n) is 5.90. The number of hydrogen-bond donors (Lipinski definition) is 1. The highest BCUT2D eigenvalue weighted by Gasteiger charge is 2.27. The Hall–Kier alpha value is -1.13. The number of halogens is 1. The van der Waals surface area contributed by atoms with E-state index in [1.165, 1.54) is 6.07 Å². The summed E-state index contributed by atoms with van der Waals surface area (Å²) in [6.07, 6.45) is 2.15. The topological polar surface area (TPSA) is 44.5 Å². The highest BCUT2D eigenvalue weighted by Crippen LogP contribution is 2.31. The maximum Gasteiger partial charge on any atom is 0.126 e. The molecule has 1 aliphatic heterocycles. The molecule has 3 atom stereocenters. The monoisotopic (exact) mass is 281 g/mol. The summed E-state index contributed by atoms with van der Waals surface area (Å²) in [7, 11) is 0. The van der Waals surface area contributed by atoms with E-state index in [0.717, 1.165) is 18.4 Å². The lowest BCUT2D eigenvalue weighted by Crippen LogP contribution is -2.36. The van der Waals surface area contributed by atoms with Gasteiger partial charge in [0.1, 0.15) is 17.7 Å². The zero-order valence-electron chi connectivity index (χ0n) is 12.7. The third-order valence-electron chi connectivity index (χ3n) is 3.73. The molecule has 1 saturated heterocycles. The molecule has 0 spiro atoms. The zero-order chi connectivity index (χ0) is 14.9. The molecule has 1 aromatic carbocycles. The quantitative estimate of drug-likeness (QED) is 0.922. The molecule has 112 valence electrons. The van der Waals surface area contributed by atoms with Gasteiger partial charge >= 0.3 is 0 Å². The van der Waals surface area contributed by atoms with Crippen molar-refractivity contribution in [1.29, 1.82) is 0 Å². The Balaban J connectivity index is 2.21. The van der Waals surface area contributed by atoms with Gasteiger partial charge in [0.25, 0.3) is 0 Å². The van der Waals surface area contributed by atoms with Gasteiger partial charge < -0.3 is 15.2 Å². The molecule has 0 radical (unpaired) electrons. The average Bonchev–Trinajstić information content (AvgIpc) is 2.31. The van der Waals surface area contributed by atoms with Crippen molar-refractivity contribution in [1.82, 2.24) is 0 Å². The van der Waals surface area contributed by atoms with E-state index >= 15 is 0 Å². The molecule has 2 rings (SSSR count). The van der Waals surface area contributed by atoms with Crippen LogP contribution in [0.2, 0.25) is 0 Å². The normalized spacial score (nSPS) is 28.2. The second-order valence-corrected chi connectivity index (χ2v) is 5.90. The molecule has 2 unspecified atom stereocenters. The first-order valence-electron chi connectivity index (χ1n) is 7.24. The van der Waals surface area contributed by atoms with E-state index in [9.17, 15) is 4.39 Å². The van der Waals surface area contributed by atoms with Gasteiger partial charge in [0.05, 0.1) is 12.2 Å². The molecule has 2 N–H and O–H groups in total. The molecule has 20 heavy (non-hydrogen) atoms. The Morgan fingerprint density at radius 3 is 2.45 bits per heavy atom. The van der Waals surface area contributed by atoms with E-state index in [4.69, 9.17) is 15.2 Å². The molecular weight excluding hydrogens is 257 g/mol. The summed E-state index contributed by atoms with van der Waals surface area (Å²) in [4.78, 5) is 0. The number of aryl methyl sites for hydroxylation is 1. The number of hydrogen-bond acceptors (Lipinski definition) is 3. The van der Waals surface area contributed by atoms with E-state index in [0.29, 0.717) is 11.3 Å². The smallest absolute Gasteiger partial charge is 0.126 e. The lowest BCUT2D eigenvalue weighted by atomic mass is 10.0. The van der Waals surface area contributed by atoms with Gasteiger partial charge in [0.2, 0.25) is 0 Å². The predicted molar refractivity (Wildman–Crippen MR) is 77.4 cm³/mol. The third kappa shape index (κ3) is 3.49. The first-order chi connectivity index (χ1) is 9.36. The van der Waals surface area contributed by atoms with E-state index in [1.54, 1.807) is 13.0 Å². The molecule has 1 aliphatic rings. The molecule has 4 heteroatoms. The van der Waals surface area contributed by atoms with Gasteiger partial charge in [-0.3, -0.25) is 0 Å². The highest BCUT2D eigenvalue weighted by molar-refractivity contribution is 5.40. The number of rotatable bonds is 3. The maximum atomic E-state index is 13.7. The van der Waals surface area contributed by atoms with Gasteiger partial charge in [-0.15, -0.1) is 0 Å². The van der Waals surface area contributed by atoms with E-state index in [1.807, 2.05) is 20.8 Å². The molecule has 0 aromatic heterocycles. The number of benzene rings is 1. The van der Waals surface area contributed by atoms with Crippen molar-refractivity contribution in [2.75, 3.05) is 0 Å². The molecule has 0 bridgehead atoms.